The molecule has 5 heteroatoms. The van der Waals surface area contributed by atoms with Crippen molar-refractivity contribution in [2.75, 3.05) is 13.1 Å². The lowest BCUT2D eigenvalue weighted by atomic mass is 9.74. The maximum absolute atomic E-state index is 12.7. The van der Waals surface area contributed by atoms with Gasteiger partial charge in [-0.15, -0.1) is 11.3 Å². The quantitative estimate of drug-likeness (QED) is 0.857. The van der Waals surface area contributed by atoms with Crippen molar-refractivity contribution < 1.29 is 9.59 Å². The molecule has 0 radical (unpaired) electrons. The number of hydrogen-bond acceptors (Lipinski definition) is 3. The molecule has 0 spiro atoms. The second-order valence-electron chi connectivity index (χ2n) is 8.18. The minimum atomic E-state index is -0.667. The van der Waals surface area contributed by atoms with Crippen LogP contribution in [0.3, 0.4) is 0 Å². The van der Waals surface area contributed by atoms with E-state index in [1.807, 2.05) is 17.0 Å². The van der Waals surface area contributed by atoms with E-state index in [9.17, 15) is 9.59 Å². The van der Waals surface area contributed by atoms with Crippen molar-refractivity contribution in [3.63, 3.8) is 0 Å². The molecular formula is C22H26N2O2S. The standard InChI is InChI=1S/C22H26N2O2S/c1-15-11-18(15)20(25)24-9-4-8-22(14-24,21(23)26)13-16-5-2-6-17(12-16)19-7-3-10-27-19/h2-3,5-7,10,12,15,18H,4,8-9,11,13-14H2,1H3,(H2,23,26)/t15-,18-,22-/m1/s1. The number of likely N-dealkylation sites (tertiary alicyclic amines) is 1. The van der Waals surface area contributed by atoms with Crippen molar-refractivity contribution in [1.82, 2.24) is 4.90 Å². The molecular weight excluding hydrogens is 356 g/mol. The van der Waals surface area contributed by atoms with E-state index in [0.717, 1.165) is 36.9 Å². The van der Waals surface area contributed by atoms with Crippen LogP contribution in [0.1, 0.15) is 31.7 Å². The third-order valence-corrected chi connectivity index (χ3v) is 7.03. The third-order valence-electron chi connectivity index (χ3n) is 6.11. The van der Waals surface area contributed by atoms with Crippen molar-refractivity contribution in [3.05, 3.63) is 47.3 Å². The molecule has 2 amide bonds. The predicted octanol–water partition coefficient (Wildman–Crippen LogP) is 3.71. The summed E-state index contributed by atoms with van der Waals surface area (Å²) in [6, 6.07) is 12.5. The van der Waals surface area contributed by atoms with Crippen molar-refractivity contribution in [1.29, 1.82) is 0 Å². The second-order valence-corrected chi connectivity index (χ2v) is 9.13. The highest BCUT2D eigenvalue weighted by Gasteiger charge is 2.47. The summed E-state index contributed by atoms with van der Waals surface area (Å²) >= 11 is 1.71. The number of rotatable bonds is 5. The Kier molecular flexibility index (Phi) is 4.81. The summed E-state index contributed by atoms with van der Waals surface area (Å²) in [6.07, 6.45) is 3.14. The van der Waals surface area contributed by atoms with E-state index in [1.54, 1.807) is 11.3 Å². The third kappa shape index (κ3) is 3.65. The summed E-state index contributed by atoms with van der Waals surface area (Å²) in [6.45, 7) is 3.31. The number of primary amides is 1. The number of nitrogens with zero attached hydrogens (tertiary/aromatic N) is 1. The first-order valence-electron chi connectivity index (χ1n) is 9.70. The molecule has 1 aliphatic heterocycles. The Bertz CT molecular complexity index is 848. The van der Waals surface area contributed by atoms with Gasteiger partial charge in [0.05, 0.1) is 5.41 Å². The zero-order chi connectivity index (χ0) is 19.0. The van der Waals surface area contributed by atoms with Gasteiger partial charge in [0.15, 0.2) is 0 Å². The Balaban J connectivity index is 1.56. The Morgan fingerprint density at radius 3 is 2.78 bits per heavy atom. The van der Waals surface area contributed by atoms with Gasteiger partial charge in [0, 0.05) is 23.9 Å². The molecule has 1 saturated carbocycles. The number of nitrogens with two attached hydrogens (primary N) is 1. The molecule has 4 rings (SSSR count). The fraction of sp³-hybridized carbons (Fsp3) is 0.455. The number of carbonyl (C=O) groups excluding carboxylic acids is 2. The van der Waals surface area contributed by atoms with Crippen LogP contribution in [0.4, 0.5) is 0 Å². The number of benzene rings is 1. The number of thiophene rings is 1. The molecule has 0 bridgehead atoms. The van der Waals surface area contributed by atoms with E-state index in [0.29, 0.717) is 18.9 Å². The molecule has 2 aromatic rings. The predicted molar refractivity (Wildman–Crippen MR) is 108 cm³/mol. The molecule has 142 valence electrons. The Morgan fingerprint density at radius 1 is 1.30 bits per heavy atom. The first kappa shape index (κ1) is 18.2. The van der Waals surface area contributed by atoms with Crippen LogP contribution in [-0.2, 0) is 16.0 Å². The molecule has 2 fully saturated rings. The van der Waals surface area contributed by atoms with Crippen LogP contribution in [-0.4, -0.2) is 29.8 Å². The molecule has 27 heavy (non-hydrogen) atoms. The Morgan fingerprint density at radius 2 is 2.11 bits per heavy atom. The number of piperidine rings is 1. The van der Waals surface area contributed by atoms with Crippen LogP contribution >= 0.6 is 11.3 Å². The maximum Gasteiger partial charge on any atom is 0.225 e. The first-order valence-corrected chi connectivity index (χ1v) is 10.6. The average Bonchev–Trinajstić information content (AvgIpc) is 3.16. The van der Waals surface area contributed by atoms with Crippen LogP contribution in [0, 0.1) is 17.3 Å². The Hall–Kier alpha value is -2.14. The summed E-state index contributed by atoms with van der Waals surface area (Å²) in [5, 5.41) is 2.07. The SMILES string of the molecule is C[C@@H]1C[C@H]1C(=O)N1CCC[C@](Cc2cccc(-c3cccs3)c2)(C(N)=O)C1. The minimum absolute atomic E-state index is 0.149. The van der Waals surface area contributed by atoms with Gasteiger partial charge in [-0.05, 0) is 54.2 Å². The molecule has 1 aromatic heterocycles. The van der Waals surface area contributed by atoms with E-state index in [-0.39, 0.29) is 17.7 Å². The van der Waals surface area contributed by atoms with E-state index in [4.69, 9.17) is 5.73 Å². The van der Waals surface area contributed by atoms with Gasteiger partial charge >= 0.3 is 0 Å². The van der Waals surface area contributed by atoms with E-state index >= 15 is 0 Å². The molecule has 2 aliphatic rings. The molecule has 1 saturated heterocycles. The lowest BCUT2D eigenvalue weighted by molar-refractivity contribution is -0.141. The van der Waals surface area contributed by atoms with E-state index < -0.39 is 5.41 Å². The van der Waals surface area contributed by atoms with Gasteiger partial charge in [0.2, 0.25) is 11.8 Å². The van der Waals surface area contributed by atoms with Crippen LogP contribution in [0.5, 0.6) is 0 Å². The number of carbonyl (C=O) groups is 2. The molecule has 2 heterocycles. The summed E-state index contributed by atoms with van der Waals surface area (Å²) in [5.41, 5.74) is 7.49. The highest BCUT2D eigenvalue weighted by molar-refractivity contribution is 7.13. The average molecular weight is 383 g/mol. The van der Waals surface area contributed by atoms with Gasteiger partial charge in [-0.1, -0.05) is 37.3 Å². The fourth-order valence-corrected chi connectivity index (χ4v) is 5.05. The fourth-order valence-electron chi connectivity index (χ4n) is 4.32. The van der Waals surface area contributed by atoms with Gasteiger partial charge < -0.3 is 10.6 Å². The molecule has 3 atom stereocenters. The zero-order valence-corrected chi connectivity index (χ0v) is 16.5. The van der Waals surface area contributed by atoms with Crippen molar-refractivity contribution in [2.45, 2.75) is 32.6 Å². The van der Waals surface area contributed by atoms with Gasteiger partial charge in [0.1, 0.15) is 0 Å². The monoisotopic (exact) mass is 382 g/mol. The highest BCUT2D eigenvalue weighted by atomic mass is 32.1. The Labute approximate surface area is 164 Å². The van der Waals surface area contributed by atoms with Crippen molar-refractivity contribution in [3.8, 4) is 10.4 Å². The molecule has 2 N–H and O–H groups in total. The van der Waals surface area contributed by atoms with Crippen LogP contribution < -0.4 is 5.73 Å². The number of hydrogen-bond donors (Lipinski definition) is 1. The minimum Gasteiger partial charge on any atom is -0.369 e. The largest absolute Gasteiger partial charge is 0.369 e. The van der Waals surface area contributed by atoms with Crippen molar-refractivity contribution in [2.24, 2.45) is 23.0 Å². The van der Waals surface area contributed by atoms with Crippen LogP contribution in [0.15, 0.2) is 41.8 Å². The summed E-state index contributed by atoms with van der Waals surface area (Å²) in [7, 11) is 0. The van der Waals surface area contributed by atoms with Gasteiger partial charge in [-0.3, -0.25) is 9.59 Å². The van der Waals surface area contributed by atoms with Crippen LogP contribution in [0.25, 0.3) is 10.4 Å². The topological polar surface area (TPSA) is 63.4 Å². The van der Waals surface area contributed by atoms with Gasteiger partial charge in [-0.2, -0.15) is 0 Å². The van der Waals surface area contributed by atoms with E-state index in [1.165, 1.54) is 4.88 Å². The number of amides is 2. The smallest absolute Gasteiger partial charge is 0.225 e. The zero-order valence-electron chi connectivity index (χ0n) is 15.7. The second kappa shape index (κ2) is 7.12. The van der Waals surface area contributed by atoms with E-state index in [2.05, 4.69) is 36.6 Å². The molecule has 4 nitrogen and oxygen atoms in total. The molecule has 1 aromatic carbocycles. The normalized spacial score (nSPS) is 27.4. The maximum atomic E-state index is 12.7. The van der Waals surface area contributed by atoms with Gasteiger partial charge in [0.25, 0.3) is 0 Å². The molecule has 0 unspecified atom stereocenters. The van der Waals surface area contributed by atoms with Crippen LogP contribution in [0.2, 0.25) is 0 Å². The van der Waals surface area contributed by atoms with Gasteiger partial charge in [-0.25, -0.2) is 0 Å². The molecule has 1 aliphatic carbocycles. The lowest BCUT2D eigenvalue weighted by Crippen LogP contribution is -2.53. The highest BCUT2D eigenvalue weighted by Crippen LogP contribution is 2.42. The summed E-state index contributed by atoms with van der Waals surface area (Å²) in [5.74, 6) is 0.547. The first-order chi connectivity index (χ1) is 13.0. The summed E-state index contributed by atoms with van der Waals surface area (Å²) < 4.78 is 0. The lowest BCUT2D eigenvalue weighted by Gasteiger charge is -2.41. The summed E-state index contributed by atoms with van der Waals surface area (Å²) in [4.78, 5) is 28.3. The van der Waals surface area contributed by atoms with Crippen molar-refractivity contribution >= 4 is 23.2 Å².